The van der Waals surface area contributed by atoms with E-state index in [9.17, 15) is 0 Å². The van der Waals surface area contributed by atoms with Crippen LogP contribution in [0.5, 0.6) is 0 Å². The Balaban J connectivity index is 1.73. The van der Waals surface area contributed by atoms with Gasteiger partial charge in [-0.05, 0) is 114 Å². The van der Waals surface area contributed by atoms with Gasteiger partial charge in [0, 0.05) is 22.8 Å². The van der Waals surface area contributed by atoms with Crippen molar-refractivity contribution in [2.75, 3.05) is 0 Å². The standard InChI is InChI=1S/C28H48O3Si3/c1-27-16-14-20(29-32(3,4)5)18-24(27)25(30-33(6,7)8)19-21-22-12-13-26(31-34(9,10)11)28(22,2)17-15-23(21)27/h13-14,16,18,21-23H,12,15,17,19H2,1-11H3/t21?,22?,23?,27-,28+/m1/s1. The third kappa shape index (κ3) is 4.96. The highest BCUT2D eigenvalue weighted by atomic mass is 28.4. The second kappa shape index (κ2) is 8.27. The van der Waals surface area contributed by atoms with E-state index in [0.29, 0.717) is 17.8 Å². The van der Waals surface area contributed by atoms with E-state index in [1.165, 1.54) is 29.9 Å². The van der Waals surface area contributed by atoms with Crippen LogP contribution in [0.2, 0.25) is 58.9 Å². The van der Waals surface area contributed by atoms with Gasteiger partial charge in [0.1, 0.15) is 5.76 Å². The number of allylic oxidation sites excluding steroid dienone is 7. The van der Waals surface area contributed by atoms with Crippen molar-refractivity contribution < 1.29 is 13.3 Å². The van der Waals surface area contributed by atoms with Crippen LogP contribution in [-0.2, 0) is 13.3 Å². The van der Waals surface area contributed by atoms with Gasteiger partial charge in [-0.2, -0.15) is 0 Å². The largest absolute Gasteiger partial charge is 0.547 e. The van der Waals surface area contributed by atoms with E-state index < -0.39 is 25.0 Å². The summed E-state index contributed by atoms with van der Waals surface area (Å²) < 4.78 is 20.0. The van der Waals surface area contributed by atoms with Crippen molar-refractivity contribution in [1.29, 1.82) is 0 Å². The number of hydrogen-bond acceptors (Lipinski definition) is 3. The van der Waals surface area contributed by atoms with E-state index in [1.807, 2.05) is 0 Å². The maximum atomic E-state index is 6.88. The molecular weight excluding hydrogens is 469 g/mol. The van der Waals surface area contributed by atoms with Crippen molar-refractivity contribution in [3.63, 3.8) is 0 Å². The van der Waals surface area contributed by atoms with E-state index in [0.717, 1.165) is 18.6 Å². The Kier molecular flexibility index (Phi) is 6.34. The van der Waals surface area contributed by atoms with Crippen molar-refractivity contribution in [3.05, 3.63) is 47.2 Å². The van der Waals surface area contributed by atoms with Crippen LogP contribution < -0.4 is 0 Å². The van der Waals surface area contributed by atoms with Crippen LogP contribution in [0.4, 0.5) is 0 Å². The highest BCUT2D eigenvalue weighted by Crippen LogP contribution is 2.65. The molecule has 0 spiro atoms. The Labute approximate surface area is 212 Å². The Bertz CT molecular complexity index is 957. The van der Waals surface area contributed by atoms with Gasteiger partial charge in [-0.3, -0.25) is 0 Å². The third-order valence-corrected chi connectivity index (χ3v) is 10.7. The first-order valence-corrected chi connectivity index (χ1v) is 23.6. The number of rotatable bonds is 6. The normalized spacial score (nSPS) is 35.7. The SMILES string of the molecule is C[C@]12C=CC(O[Si](C)(C)C)=CC1=C(O[Si](C)(C)C)CC1C2CC[C@]2(C)C(O[Si](C)(C)C)=CCC12. The number of fused-ring (bicyclic) bond motifs is 5. The van der Waals surface area contributed by atoms with Crippen molar-refractivity contribution in [2.24, 2.45) is 28.6 Å². The van der Waals surface area contributed by atoms with Crippen LogP contribution in [0, 0.1) is 28.6 Å². The fourth-order valence-corrected chi connectivity index (χ4v) is 9.68. The summed E-state index contributed by atoms with van der Waals surface area (Å²) in [6.45, 7) is 25.6. The molecule has 0 aromatic carbocycles. The highest BCUT2D eigenvalue weighted by Gasteiger charge is 2.58. The lowest BCUT2D eigenvalue weighted by atomic mass is 9.49. The minimum absolute atomic E-state index is 0.00785. The van der Waals surface area contributed by atoms with Gasteiger partial charge in [-0.15, -0.1) is 0 Å². The molecule has 0 bridgehead atoms. The summed E-state index contributed by atoms with van der Waals surface area (Å²) in [6, 6.07) is 0. The zero-order valence-electron chi connectivity index (χ0n) is 23.6. The highest BCUT2D eigenvalue weighted by molar-refractivity contribution is 6.70. The van der Waals surface area contributed by atoms with Crippen LogP contribution in [0.15, 0.2) is 47.2 Å². The molecule has 0 amide bonds. The van der Waals surface area contributed by atoms with Gasteiger partial charge in [-0.1, -0.05) is 19.9 Å². The summed E-state index contributed by atoms with van der Waals surface area (Å²) >= 11 is 0. The van der Waals surface area contributed by atoms with Gasteiger partial charge in [0.2, 0.25) is 25.0 Å². The van der Waals surface area contributed by atoms with E-state index in [2.05, 4.69) is 97.1 Å². The van der Waals surface area contributed by atoms with Crippen LogP contribution in [0.25, 0.3) is 0 Å². The molecule has 0 radical (unpaired) electrons. The molecule has 1 fully saturated rings. The van der Waals surface area contributed by atoms with Crippen molar-refractivity contribution in [1.82, 2.24) is 0 Å². The molecule has 34 heavy (non-hydrogen) atoms. The predicted octanol–water partition coefficient (Wildman–Crippen LogP) is 8.60. The molecule has 6 heteroatoms. The lowest BCUT2D eigenvalue weighted by Crippen LogP contribution is -2.50. The first-order chi connectivity index (χ1) is 15.4. The van der Waals surface area contributed by atoms with Crippen LogP contribution >= 0.6 is 0 Å². The van der Waals surface area contributed by atoms with Gasteiger partial charge < -0.3 is 13.3 Å². The molecule has 190 valence electrons. The second-order valence-electron chi connectivity index (χ2n) is 14.5. The first kappa shape index (κ1) is 26.1. The molecule has 0 N–H and O–H groups in total. The molecular formula is C28H48O3Si3. The molecule has 0 saturated heterocycles. The maximum Gasteiger partial charge on any atom is 0.242 e. The first-order valence-electron chi connectivity index (χ1n) is 13.3. The predicted molar refractivity (Wildman–Crippen MR) is 151 cm³/mol. The zero-order chi connectivity index (χ0) is 25.3. The van der Waals surface area contributed by atoms with Gasteiger partial charge in [0.15, 0.2) is 0 Å². The average Bonchev–Trinajstić information content (AvgIpc) is 2.95. The Morgan fingerprint density at radius 1 is 0.824 bits per heavy atom. The minimum Gasteiger partial charge on any atom is -0.547 e. The molecule has 0 aromatic heterocycles. The van der Waals surface area contributed by atoms with Gasteiger partial charge >= 0.3 is 0 Å². The fraction of sp³-hybridized carbons (Fsp3) is 0.714. The maximum absolute atomic E-state index is 6.88. The summed E-state index contributed by atoms with van der Waals surface area (Å²) in [5.74, 6) is 5.45. The fourth-order valence-electron chi connectivity index (χ4n) is 6.94. The Morgan fingerprint density at radius 2 is 1.44 bits per heavy atom. The summed E-state index contributed by atoms with van der Waals surface area (Å²) in [7, 11) is -5.06. The van der Waals surface area contributed by atoms with E-state index in [4.69, 9.17) is 13.3 Å². The third-order valence-electron chi connectivity index (χ3n) is 8.17. The summed E-state index contributed by atoms with van der Waals surface area (Å²) in [6.07, 6.45) is 14.2. The molecule has 4 rings (SSSR count). The van der Waals surface area contributed by atoms with Gasteiger partial charge in [0.25, 0.3) is 0 Å². The molecule has 4 aliphatic rings. The van der Waals surface area contributed by atoms with Crippen LogP contribution in [0.3, 0.4) is 0 Å². The monoisotopic (exact) mass is 516 g/mol. The molecule has 1 saturated carbocycles. The summed E-state index contributed by atoms with van der Waals surface area (Å²) in [5.41, 5.74) is 1.56. The van der Waals surface area contributed by atoms with E-state index >= 15 is 0 Å². The van der Waals surface area contributed by atoms with Crippen LogP contribution in [-0.4, -0.2) is 25.0 Å². The molecule has 0 heterocycles. The van der Waals surface area contributed by atoms with Gasteiger partial charge in [-0.25, -0.2) is 0 Å². The van der Waals surface area contributed by atoms with E-state index in [1.54, 1.807) is 0 Å². The van der Waals surface area contributed by atoms with E-state index in [-0.39, 0.29) is 10.8 Å². The summed E-state index contributed by atoms with van der Waals surface area (Å²) in [4.78, 5) is 0. The van der Waals surface area contributed by atoms with Crippen molar-refractivity contribution in [3.8, 4) is 0 Å². The molecule has 5 atom stereocenters. The second-order valence-corrected chi connectivity index (χ2v) is 27.8. The Morgan fingerprint density at radius 3 is 2.03 bits per heavy atom. The molecule has 3 unspecified atom stereocenters. The molecule has 3 nitrogen and oxygen atoms in total. The smallest absolute Gasteiger partial charge is 0.242 e. The molecule has 0 aromatic rings. The van der Waals surface area contributed by atoms with Crippen LogP contribution in [0.1, 0.15) is 39.5 Å². The van der Waals surface area contributed by atoms with Gasteiger partial charge in [0.05, 0.1) is 11.5 Å². The average molecular weight is 517 g/mol. The topological polar surface area (TPSA) is 27.7 Å². The summed E-state index contributed by atoms with van der Waals surface area (Å²) in [5, 5.41) is 0. The lowest BCUT2D eigenvalue weighted by Gasteiger charge is -2.56. The lowest BCUT2D eigenvalue weighted by molar-refractivity contribution is -0.0138. The quantitative estimate of drug-likeness (QED) is 0.331. The van der Waals surface area contributed by atoms with Crippen molar-refractivity contribution in [2.45, 2.75) is 98.5 Å². The minimum atomic E-state index is -1.75. The zero-order valence-corrected chi connectivity index (χ0v) is 26.6. The number of hydrogen-bond donors (Lipinski definition) is 0. The molecule has 0 aliphatic heterocycles. The molecule has 4 aliphatic carbocycles. The van der Waals surface area contributed by atoms with Crippen molar-refractivity contribution >= 4 is 25.0 Å². The Hall–Kier alpha value is -0.989.